The van der Waals surface area contributed by atoms with E-state index in [1.807, 2.05) is 44.2 Å². The lowest BCUT2D eigenvalue weighted by Crippen LogP contribution is -2.31. The number of hydrogen-bond donors (Lipinski definition) is 2. The van der Waals surface area contributed by atoms with E-state index in [1.54, 1.807) is 4.57 Å². The Morgan fingerprint density at radius 3 is 2.80 bits per heavy atom. The van der Waals surface area contributed by atoms with Crippen molar-refractivity contribution in [3.63, 3.8) is 0 Å². The third-order valence-electron chi connectivity index (χ3n) is 3.23. The van der Waals surface area contributed by atoms with Crippen molar-refractivity contribution in [1.82, 2.24) is 19.9 Å². The molecule has 2 N–H and O–H groups in total. The van der Waals surface area contributed by atoms with Crippen molar-refractivity contribution >= 4 is 51.6 Å². The number of hydrogen-bond acceptors (Lipinski definition) is 6. The molecule has 2 aromatic heterocycles. The second-order valence-corrected chi connectivity index (χ2v) is 8.18. The zero-order valence-electron chi connectivity index (χ0n) is 13.6. The number of benzene rings is 1. The lowest BCUT2D eigenvalue weighted by molar-refractivity contribution is -0.119. The number of nitrogens with zero attached hydrogens (tertiary/aromatic N) is 2. The molecule has 0 aliphatic rings. The zero-order valence-corrected chi connectivity index (χ0v) is 16.1. The molecule has 0 atom stereocenters. The van der Waals surface area contributed by atoms with Gasteiger partial charge in [-0.3, -0.25) is 14.2 Å². The van der Waals surface area contributed by atoms with Gasteiger partial charge in [-0.2, -0.15) is 0 Å². The van der Waals surface area contributed by atoms with Gasteiger partial charge in [-0.15, -0.1) is 0 Å². The third-order valence-corrected chi connectivity index (χ3v) is 5.46. The number of rotatable bonds is 5. The van der Waals surface area contributed by atoms with Crippen molar-refractivity contribution in [2.45, 2.75) is 25.0 Å². The fourth-order valence-corrected chi connectivity index (χ4v) is 4.20. The SMILES string of the molecule is CC(C)NC(=O)CSc1nc2c(sc(=S)n2-c2ccccc2)c(=O)[nH]1. The first kappa shape index (κ1) is 17.8. The van der Waals surface area contributed by atoms with Gasteiger partial charge in [-0.25, -0.2) is 4.98 Å². The molecular weight excluding hydrogens is 376 g/mol. The van der Waals surface area contributed by atoms with Crippen LogP contribution in [-0.4, -0.2) is 32.2 Å². The summed E-state index contributed by atoms with van der Waals surface area (Å²) in [6.07, 6.45) is 0. The molecule has 1 amide bonds. The highest BCUT2D eigenvalue weighted by molar-refractivity contribution is 7.99. The van der Waals surface area contributed by atoms with E-state index in [2.05, 4.69) is 15.3 Å². The minimum atomic E-state index is -0.248. The number of H-pyrrole nitrogens is 1. The largest absolute Gasteiger partial charge is 0.353 e. The van der Waals surface area contributed by atoms with Gasteiger partial charge in [0.1, 0.15) is 4.70 Å². The van der Waals surface area contributed by atoms with Gasteiger partial charge in [-0.05, 0) is 38.2 Å². The minimum absolute atomic E-state index is 0.0717. The van der Waals surface area contributed by atoms with E-state index in [0.717, 1.165) is 5.69 Å². The standard InChI is InChI=1S/C16H16N4O2S3/c1-9(2)17-11(21)8-24-15-18-13-12(14(22)19-15)25-16(23)20(13)10-6-4-3-5-7-10/h3-7,9H,8H2,1-2H3,(H,17,21)(H,18,19,22). The summed E-state index contributed by atoms with van der Waals surface area (Å²) >= 11 is 7.83. The highest BCUT2D eigenvalue weighted by atomic mass is 32.2. The summed E-state index contributed by atoms with van der Waals surface area (Å²) in [5.41, 5.74) is 1.12. The molecular formula is C16H16N4O2S3. The minimum Gasteiger partial charge on any atom is -0.353 e. The first-order chi connectivity index (χ1) is 12.0. The summed E-state index contributed by atoms with van der Waals surface area (Å²) in [4.78, 5) is 31.4. The molecule has 9 heteroatoms. The summed E-state index contributed by atoms with van der Waals surface area (Å²) in [6.45, 7) is 3.79. The molecule has 0 bridgehead atoms. The van der Waals surface area contributed by atoms with E-state index in [-0.39, 0.29) is 23.3 Å². The van der Waals surface area contributed by atoms with Crippen LogP contribution in [0.4, 0.5) is 0 Å². The molecule has 0 unspecified atom stereocenters. The van der Waals surface area contributed by atoms with Crippen LogP contribution < -0.4 is 10.9 Å². The number of para-hydroxylation sites is 1. The molecule has 0 fully saturated rings. The van der Waals surface area contributed by atoms with E-state index in [0.29, 0.717) is 19.5 Å². The predicted octanol–water partition coefficient (Wildman–Crippen LogP) is 3.12. The second kappa shape index (κ2) is 7.51. The Morgan fingerprint density at radius 1 is 1.40 bits per heavy atom. The van der Waals surface area contributed by atoms with Gasteiger partial charge < -0.3 is 10.3 Å². The van der Waals surface area contributed by atoms with Crippen molar-refractivity contribution in [2.75, 3.05) is 5.75 Å². The van der Waals surface area contributed by atoms with E-state index < -0.39 is 0 Å². The van der Waals surface area contributed by atoms with Crippen LogP contribution in [0.15, 0.2) is 40.3 Å². The summed E-state index contributed by atoms with van der Waals surface area (Å²) in [5, 5.41) is 3.20. The van der Waals surface area contributed by atoms with E-state index in [9.17, 15) is 9.59 Å². The summed E-state index contributed by atoms with van der Waals surface area (Å²) < 4.78 is 2.81. The van der Waals surface area contributed by atoms with Crippen molar-refractivity contribution in [3.8, 4) is 5.69 Å². The summed E-state index contributed by atoms with van der Waals surface area (Å²) in [6, 6.07) is 9.61. The fraction of sp³-hybridized carbons (Fsp3) is 0.250. The van der Waals surface area contributed by atoms with Crippen LogP contribution in [0.3, 0.4) is 0 Å². The molecule has 130 valence electrons. The average molecular weight is 393 g/mol. The Bertz CT molecular complexity index is 1020. The van der Waals surface area contributed by atoms with Crippen LogP contribution in [0, 0.1) is 3.95 Å². The number of carbonyl (C=O) groups excluding carboxylic acids is 1. The molecule has 25 heavy (non-hydrogen) atoms. The van der Waals surface area contributed by atoms with E-state index in [4.69, 9.17) is 12.2 Å². The Kier molecular flexibility index (Phi) is 5.36. The number of aromatic amines is 1. The van der Waals surface area contributed by atoms with Crippen molar-refractivity contribution in [2.24, 2.45) is 0 Å². The molecule has 0 aliphatic heterocycles. The Labute approximate surface area is 157 Å². The normalized spacial score (nSPS) is 11.2. The highest BCUT2D eigenvalue weighted by Gasteiger charge is 2.14. The molecule has 6 nitrogen and oxygen atoms in total. The first-order valence-corrected chi connectivity index (χ1v) is 9.80. The quantitative estimate of drug-likeness (QED) is 0.396. The Hall–Kier alpha value is -1.97. The van der Waals surface area contributed by atoms with Crippen molar-refractivity contribution < 1.29 is 4.79 Å². The number of carbonyl (C=O) groups is 1. The van der Waals surface area contributed by atoms with Crippen LogP contribution >= 0.6 is 35.3 Å². The van der Waals surface area contributed by atoms with Gasteiger partial charge in [-0.1, -0.05) is 41.3 Å². The van der Waals surface area contributed by atoms with Gasteiger partial charge in [0, 0.05) is 11.7 Å². The molecule has 0 saturated carbocycles. The van der Waals surface area contributed by atoms with Gasteiger partial charge >= 0.3 is 0 Å². The molecule has 0 saturated heterocycles. The van der Waals surface area contributed by atoms with Crippen LogP contribution in [0.5, 0.6) is 0 Å². The van der Waals surface area contributed by atoms with Crippen LogP contribution in [0.25, 0.3) is 16.0 Å². The van der Waals surface area contributed by atoms with Crippen LogP contribution in [0.2, 0.25) is 0 Å². The molecule has 3 aromatic rings. The monoisotopic (exact) mass is 392 g/mol. The molecule has 3 rings (SSSR count). The Balaban J connectivity index is 1.99. The van der Waals surface area contributed by atoms with E-state index in [1.165, 1.54) is 23.1 Å². The lowest BCUT2D eigenvalue weighted by Gasteiger charge is -2.08. The van der Waals surface area contributed by atoms with Crippen LogP contribution in [0.1, 0.15) is 13.8 Å². The van der Waals surface area contributed by atoms with Crippen molar-refractivity contribution in [1.29, 1.82) is 0 Å². The molecule has 0 aliphatic carbocycles. The first-order valence-electron chi connectivity index (χ1n) is 7.59. The molecule has 0 spiro atoms. The number of fused-ring (bicyclic) bond motifs is 1. The summed E-state index contributed by atoms with van der Waals surface area (Å²) in [5.74, 6) is 0.0796. The number of aromatic nitrogens is 3. The van der Waals surface area contributed by atoms with Gasteiger partial charge in [0.25, 0.3) is 5.56 Å². The van der Waals surface area contributed by atoms with Gasteiger partial charge in [0.05, 0.1) is 5.75 Å². The zero-order chi connectivity index (χ0) is 18.0. The van der Waals surface area contributed by atoms with Gasteiger partial charge in [0.2, 0.25) is 5.91 Å². The molecule has 2 heterocycles. The van der Waals surface area contributed by atoms with Crippen LogP contribution in [-0.2, 0) is 4.79 Å². The lowest BCUT2D eigenvalue weighted by atomic mass is 10.3. The number of amides is 1. The smallest absolute Gasteiger partial charge is 0.271 e. The number of thiazole rings is 1. The molecule has 1 aromatic carbocycles. The van der Waals surface area contributed by atoms with Crippen molar-refractivity contribution in [3.05, 3.63) is 44.6 Å². The Morgan fingerprint density at radius 2 is 2.12 bits per heavy atom. The predicted molar refractivity (Wildman–Crippen MR) is 104 cm³/mol. The molecule has 0 radical (unpaired) electrons. The topological polar surface area (TPSA) is 79.8 Å². The number of thioether (sulfide) groups is 1. The number of nitrogens with one attached hydrogen (secondary N) is 2. The van der Waals surface area contributed by atoms with Gasteiger partial charge in [0.15, 0.2) is 14.8 Å². The maximum absolute atomic E-state index is 12.4. The van der Waals surface area contributed by atoms with E-state index >= 15 is 0 Å². The maximum atomic E-state index is 12.4. The highest BCUT2D eigenvalue weighted by Crippen LogP contribution is 2.24. The fourth-order valence-electron chi connectivity index (χ4n) is 2.26. The second-order valence-electron chi connectivity index (χ2n) is 5.57. The summed E-state index contributed by atoms with van der Waals surface area (Å²) in [7, 11) is 0. The third kappa shape index (κ3) is 4.00. The maximum Gasteiger partial charge on any atom is 0.271 e. The average Bonchev–Trinajstić information content (AvgIpc) is 2.90.